The first kappa shape index (κ1) is 13.9. The van der Waals surface area contributed by atoms with Gasteiger partial charge in [0.1, 0.15) is 5.82 Å². The predicted molar refractivity (Wildman–Crippen MR) is 75.0 cm³/mol. The van der Waals surface area contributed by atoms with Crippen molar-refractivity contribution in [3.05, 3.63) is 30.4 Å². The third kappa shape index (κ3) is 2.24. The van der Waals surface area contributed by atoms with E-state index in [0.29, 0.717) is 6.54 Å². The first-order valence-electron chi connectivity index (χ1n) is 7.11. The van der Waals surface area contributed by atoms with E-state index >= 15 is 0 Å². The number of aromatic nitrogens is 2. The SMILES string of the molecule is CN(Cc1nccn1C)C(=O)C1C2C=CC(C2)C1C(=O)O. The van der Waals surface area contributed by atoms with Crippen LogP contribution < -0.4 is 0 Å². The second kappa shape index (κ2) is 5.02. The van der Waals surface area contributed by atoms with Gasteiger partial charge in [-0.25, -0.2) is 4.98 Å². The smallest absolute Gasteiger partial charge is 0.307 e. The van der Waals surface area contributed by atoms with Crippen molar-refractivity contribution in [3.8, 4) is 0 Å². The Hall–Kier alpha value is -2.11. The minimum Gasteiger partial charge on any atom is -0.481 e. The zero-order chi connectivity index (χ0) is 15.1. The van der Waals surface area contributed by atoms with Crippen LogP contribution in [-0.4, -0.2) is 38.5 Å². The summed E-state index contributed by atoms with van der Waals surface area (Å²) in [4.78, 5) is 30.0. The molecule has 2 aliphatic rings. The number of rotatable bonds is 4. The first-order chi connectivity index (χ1) is 9.99. The maximum Gasteiger partial charge on any atom is 0.307 e. The molecule has 1 saturated carbocycles. The number of carboxylic acids is 1. The monoisotopic (exact) mass is 289 g/mol. The molecule has 6 heteroatoms. The van der Waals surface area contributed by atoms with Crippen LogP contribution in [0.3, 0.4) is 0 Å². The van der Waals surface area contributed by atoms with E-state index in [4.69, 9.17) is 0 Å². The molecule has 4 unspecified atom stereocenters. The number of amides is 1. The maximum absolute atomic E-state index is 12.7. The van der Waals surface area contributed by atoms with Crippen molar-refractivity contribution in [2.75, 3.05) is 7.05 Å². The molecule has 1 aromatic heterocycles. The molecular formula is C15H19N3O3. The summed E-state index contributed by atoms with van der Waals surface area (Å²) < 4.78 is 1.86. The molecule has 2 bridgehead atoms. The van der Waals surface area contributed by atoms with Gasteiger partial charge in [0.15, 0.2) is 0 Å². The van der Waals surface area contributed by atoms with E-state index in [0.717, 1.165) is 12.2 Å². The van der Waals surface area contributed by atoms with E-state index in [1.165, 1.54) is 0 Å². The quantitative estimate of drug-likeness (QED) is 0.836. The number of imidazole rings is 1. The van der Waals surface area contributed by atoms with E-state index in [1.54, 1.807) is 18.1 Å². The lowest BCUT2D eigenvalue weighted by Crippen LogP contribution is -2.41. The van der Waals surface area contributed by atoms with Crippen molar-refractivity contribution in [2.45, 2.75) is 13.0 Å². The van der Waals surface area contributed by atoms with Gasteiger partial charge in [0.25, 0.3) is 0 Å². The number of hydrogen-bond acceptors (Lipinski definition) is 3. The molecule has 21 heavy (non-hydrogen) atoms. The fraction of sp³-hybridized carbons (Fsp3) is 0.533. The van der Waals surface area contributed by atoms with E-state index in [-0.39, 0.29) is 17.7 Å². The Labute approximate surface area is 123 Å². The highest BCUT2D eigenvalue weighted by molar-refractivity contribution is 5.86. The Balaban J connectivity index is 1.76. The van der Waals surface area contributed by atoms with Crippen molar-refractivity contribution in [2.24, 2.45) is 30.7 Å². The fourth-order valence-corrected chi connectivity index (χ4v) is 3.59. The zero-order valence-electron chi connectivity index (χ0n) is 12.1. The van der Waals surface area contributed by atoms with Crippen molar-refractivity contribution in [3.63, 3.8) is 0 Å². The minimum atomic E-state index is -0.865. The molecule has 1 fully saturated rings. The Morgan fingerprint density at radius 2 is 2.05 bits per heavy atom. The van der Waals surface area contributed by atoms with Crippen LogP contribution in [0, 0.1) is 23.7 Å². The number of carboxylic acid groups (broad SMARTS) is 1. The molecule has 6 nitrogen and oxygen atoms in total. The second-order valence-corrected chi connectivity index (χ2v) is 5.99. The van der Waals surface area contributed by atoms with Crippen molar-refractivity contribution in [1.82, 2.24) is 14.5 Å². The molecule has 1 aromatic rings. The molecular weight excluding hydrogens is 270 g/mol. The van der Waals surface area contributed by atoms with Crippen LogP contribution in [0.25, 0.3) is 0 Å². The lowest BCUT2D eigenvalue weighted by atomic mass is 9.82. The molecule has 1 amide bonds. The molecule has 1 heterocycles. The number of carbonyl (C=O) groups is 2. The normalized spacial score (nSPS) is 29.8. The second-order valence-electron chi connectivity index (χ2n) is 5.99. The lowest BCUT2D eigenvalue weighted by molar-refractivity contribution is -0.150. The van der Waals surface area contributed by atoms with Crippen LogP contribution in [-0.2, 0) is 23.2 Å². The number of aryl methyl sites for hydroxylation is 1. The summed E-state index contributed by atoms with van der Waals surface area (Å²) in [6.07, 6.45) is 8.25. The van der Waals surface area contributed by atoms with E-state index in [1.807, 2.05) is 30.0 Å². The molecule has 0 spiro atoms. The molecule has 112 valence electrons. The first-order valence-corrected chi connectivity index (χ1v) is 7.11. The molecule has 1 N–H and O–H groups in total. The summed E-state index contributed by atoms with van der Waals surface area (Å²) in [5.41, 5.74) is 0. The zero-order valence-corrected chi connectivity index (χ0v) is 12.1. The summed E-state index contributed by atoms with van der Waals surface area (Å²) in [6.45, 7) is 0.395. The number of fused-ring (bicyclic) bond motifs is 2. The van der Waals surface area contributed by atoms with Crippen LogP contribution in [0.5, 0.6) is 0 Å². The summed E-state index contributed by atoms with van der Waals surface area (Å²) in [7, 11) is 3.59. The van der Waals surface area contributed by atoms with E-state index in [9.17, 15) is 14.7 Å². The minimum absolute atomic E-state index is 0.00279. The molecule has 3 rings (SSSR count). The van der Waals surface area contributed by atoms with Gasteiger partial charge >= 0.3 is 5.97 Å². The van der Waals surface area contributed by atoms with Gasteiger partial charge in [-0.2, -0.15) is 0 Å². The number of allylic oxidation sites excluding steroid dienone is 2. The maximum atomic E-state index is 12.7. The van der Waals surface area contributed by atoms with Crippen LogP contribution >= 0.6 is 0 Å². The Kier molecular flexibility index (Phi) is 3.31. The highest BCUT2D eigenvalue weighted by Crippen LogP contribution is 2.48. The largest absolute Gasteiger partial charge is 0.481 e. The standard InChI is InChI=1S/C15H19N3O3/c1-17-6-5-16-11(17)8-18(2)14(19)12-9-3-4-10(7-9)13(12)15(20)21/h3-6,9-10,12-13H,7-8H2,1-2H3,(H,20,21). The van der Waals surface area contributed by atoms with Crippen LogP contribution in [0.4, 0.5) is 0 Å². The number of carbonyl (C=O) groups excluding carboxylic acids is 1. The third-order valence-corrected chi connectivity index (χ3v) is 4.71. The Morgan fingerprint density at radius 3 is 2.62 bits per heavy atom. The fourth-order valence-electron chi connectivity index (χ4n) is 3.59. The van der Waals surface area contributed by atoms with Gasteiger partial charge in [-0.1, -0.05) is 12.2 Å². The van der Waals surface area contributed by atoms with Gasteiger partial charge in [-0.15, -0.1) is 0 Å². The highest BCUT2D eigenvalue weighted by Gasteiger charge is 2.52. The van der Waals surface area contributed by atoms with E-state index in [2.05, 4.69) is 4.98 Å². The number of aliphatic carboxylic acids is 1. The average Bonchev–Trinajstić information content (AvgIpc) is 3.13. The Bertz CT molecular complexity index is 607. The van der Waals surface area contributed by atoms with Crippen molar-refractivity contribution < 1.29 is 14.7 Å². The van der Waals surface area contributed by atoms with Gasteiger partial charge in [0.05, 0.1) is 18.4 Å². The summed E-state index contributed by atoms with van der Waals surface area (Å²) in [5, 5.41) is 9.42. The average molecular weight is 289 g/mol. The molecule has 2 aliphatic carbocycles. The van der Waals surface area contributed by atoms with Crippen LogP contribution in [0.2, 0.25) is 0 Å². The van der Waals surface area contributed by atoms with Crippen molar-refractivity contribution >= 4 is 11.9 Å². The van der Waals surface area contributed by atoms with Gasteiger partial charge < -0.3 is 14.6 Å². The van der Waals surface area contributed by atoms with Gasteiger partial charge in [-0.3, -0.25) is 9.59 Å². The molecule has 4 atom stereocenters. The summed E-state index contributed by atoms with van der Waals surface area (Å²) in [5.74, 6) is -1.14. The highest BCUT2D eigenvalue weighted by atomic mass is 16.4. The molecule has 0 saturated heterocycles. The summed E-state index contributed by atoms with van der Waals surface area (Å²) >= 11 is 0. The third-order valence-electron chi connectivity index (χ3n) is 4.71. The molecule has 0 radical (unpaired) electrons. The van der Waals surface area contributed by atoms with Crippen molar-refractivity contribution in [1.29, 1.82) is 0 Å². The molecule has 0 aromatic carbocycles. The predicted octanol–water partition coefficient (Wildman–Crippen LogP) is 0.901. The van der Waals surface area contributed by atoms with Crippen LogP contribution in [0.1, 0.15) is 12.2 Å². The summed E-state index contributed by atoms with van der Waals surface area (Å²) in [6, 6.07) is 0. The lowest BCUT2D eigenvalue weighted by Gasteiger charge is -2.28. The topological polar surface area (TPSA) is 75.4 Å². The number of nitrogens with zero attached hydrogens (tertiary/aromatic N) is 3. The number of hydrogen-bond donors (Lipinski definition) is 1. The van der Waals surface area contributed by atoms with Gasteiger partial charge in [-0.05, 0) is 18.3 Å². The van der Waals surface area contributed by atoms with E-state index < -0.39 is 17.8 Å². The Morgan fingerprint density at radius 1 is 1.38 bits per heavy atom. The molecule has 0 aliphatic heterocycles. The van der Waals surface area contributed by atoms with Gasteiger partial charge in [0, 0.05) is 26.5 Å². The van der Waals surface area contributed by atoms with Crippen LogP contribution in [0.15, 0.2) is 24.5 Å². The van der Waals surface area contributed by atoms with Gasteiger partial charge in [0.2, 0.25) is 5.91 Å².